The first-order valence-electron chi connectivity index (χ1n) is 8.78. The molecule has 0 aliphatic heterocycles. The van der Waals surface area contributed by atoms with E-state index in [1.807, 2.05) is 20.8 Å². The Bertz CT molecular complexity index is 1220. The Morgan fingerprint density at radius 3 is 2.79 bits per heavy atom. The van der Waals surface area contributed by atoms with Gasteiger partial charge in [-0.2, -0.15) is 0 Å². The van der Waals surface area contributed by atoms with Crippen LogP contribution in [0.15, 0.2) is 38.7 Å². The molecule has 1 aromatic carbocycles. The fraction of sp³-hybridized carbons (Fsp3) is 0.263. The van der Waals surface area contributed by atoms with Crippen molar-refractivity contribution >= 4 is 44.9 Å². The highest BCUT2D eigenvalue weighted by Gasteiger charge is 2.18. The maximum atomic E-state index is 12.5. The van der Waals surface area contributed by atoms with Crippen LogP contribution in [0.1, 0.15) is 34.3 Å². The fourth-order valence-corrected chi connectivity index (χ4v) is 4.61. The smallest absolute Gasteiger partial charge is 0.277 e. The highest BCUT2D eigenvalue weighted by molar-refractivity contribution is 7.99. The van der Waals surface area contributed by atoms with Crippen molar-refractivity contribution in [1.29, 1.82) is 0 Å². The van der Waals surface area contributed by atoms with E-state index >= 15 is 0 Å². The maximum Gasteiger partial charge on any atom is 0.277 e. The van der Waals surface area contributed by atoms with Crippen LogP contribution < -0.4 is 10.3 Å². The number of benzene rings is 1. The number of aromatic nitrogens is 4. The van der Waals surface area contributed by atoms with Gasteiger partial charge in [-0.05, 0) is 50.6 Å². The van der Waals surface area contributed by atoms with Crippen molar-refractivity contribution in [2.45, 2.75) is 37.9 Å². The minimum atomic E-state index is -0.166. The van der Waals surface area contributed by atoms with Crippen molar-refractivity contribution in [2.75, 3.05) is 0 Å². The van der Waals surface area contributed by atoms with Crippen LogP contribution in [0, 0.1) is 13.8 Å². The molecule has 3 heterocycles. The lowest BCUT2D eigenvalue weighted by molar-refractivity contribution is 0.252. The molecule has 10 heteroatoms. The summed E-state index contributed by atoms with van der Waals surface area (Å²) in [6.07, 6.45) is 0. The number of hydrogen-bond acceptors (Lipinski definition) is 8. The third kappa shape index (κ3) is 4.31. The third-order valence-electron chi connectivity index (χ3n) is 4.34. The monoisotopic (exact) mass is 448 g/mol. The number of rotatable bonds is 6. The number of thioether (sulfide) groups is 1. The predicted molar refractivity (Wildman–Crippen MR) is 114 cm³/mol. The summed E-state index contributed by atoms with van der Waals surface area (Å²) in [5.41, 5.74) is 0.856. The van der Waals surface area contributed by atoms with Crippen molar-refractivity contribution in [2.24, 2.45) is 0 Å². The number of halogens is 1. The molecule has 1 unspecified atom stereocenters. The Hall–Kier alpha value is -2.36. The van der Waals surface area contributed by atoms with Gasteiger partial charge in [0.05, 0.1) is 10.6 Å². The molecule has 0 fully saturated rings. The van der Waals surface area contributed by atoms with E-state index in [2.05, 4.69) is 20.2 Å². The molecule has 3 aromatic heterocycles. The summed E-state index contributed by atoms with van der Waals surface area (Å²) in [7, 11) is 0. The molecule has 0 aliphatic carbocycles. The number of thiophene rings is 1. The lowest BCUT2D eigenvalue weighted by atomic mass is 10.2. The molecule has 0 bridgehead atoms. The lowest BCUT2D eigenvalue weighted by Crippen LogP contribution is -2.12. The molecular formula is C19H17ClN4O3S2. The van der Waals surface area contributed by atoms with Crippen molar-refractivity contribution in [3.8, 4) is 5.75 Å². The van der Waals surface area contributed by atoms with E-state index in [0.717, 1.165) is 15.3 Å². The Morgan fingerprint density at radius 1 is 1.28 bits per heavy atom. The van der Waals surface area contributed by atoms with Crippen LogP contribution in [0.4, 0.5) is 0 Å². The SMILES string of the molecule is Cc1sc2nc(C(C)Sc3nnc(COc4ccc(Cl)cc4)o3)[nH]c(=O)c2c1C. The fourth-order valence-electron chi connectivity index (χ4n) is 2.69. The van der Waals surface area contributed by atoms with Crippen LogP contribution in [0.25, 0.3) is 10.2 Å². The van der Waals surface area contributed by atoms with Crippen LogP contribution in [0.5, 0.6) is 5.75 Å². The first-order valence-corrected chi connectivity index (χ1v) is 10.9. The summed E-state index contributed by atoms with van der Waals surface area (Å²) in [6.45, 7) is 6.01. The Morgan fingerprint density at radius 2 is 2.03 bits per heavy atom. The summed E-state index contributed by atoms with van der Waals surface area (Å²) in [5.74, 6) is 1.59. The standard InChI is InChI=1S/C19H17ClN4O3S2/c1-9-10(2)28-18-15(9)17(25)21-16(22-18)11(3)29-19-24-23-14(27-19)8-26-13-6-4-12(20)5-7-13/h4-7,11H,8H2,1-3H3,(H,21,22,25). The summed E-state index contributed by atoms with van der Waals surface area (Å²) in [5, 5.41) is 9.55. The second kappa shape index (κ2) is 8.17. The predicted octanol–water partition coefficient (Wildman–Crippen LogP) is 5.07. The van der Waals surface area contributed by atoms with E-state index in [4.69, 9.17) is 20.8 Å². The Labute approximate surface area is 179 Å². The van der Waals surface area contributed by atoms with Gasteiger partial charge in [0, 0.05) is 9.90 Å². The van der Waals surface area contributed by atoms with Gasteiger partial charge in [-0.1, -0.05) is 23.4 Å². The highest BCUT2D eigenvalue weighted by atomic mass is 35.5. The van der Waals surface area contributed by atoms with Crippen LogP contribution in [-0.4, -0.2) is 20.2 Å². The summed E-state index contributed by atoms with van der Waals surface area (Å²) < 4.78 is 11.2. The topological polar surface area (TPSA) is 93.9 Å². The van der Waals surface area contributed by atoms with Gasteiger partial charge < -0.3 is 14.1 Å². The number of nitrogens with zero attached hydrogens (tertiary/aromatic N) is 3. The third-order valence-corrected chi connectivity index (χ3v) is 6.64. The Kier molecular flexibility index (Phi) is 5.62. The van der Waals surface area contributed by atoms with Gasteiger partial charge in [-0.25, -0.2) is 4.98 Å². The van der Waals surface area contributed by atoms with Gasteiger partial charge >= 0.3 is 0 Å². The maximum absolute atomic E-state index is 12.5. The molecular weight excluding hydrogens is 432 g/mol. The largest absolute Gasteiger partial charge is 0.484 e. The van der Waals surface area contributed by atoms with E-state index in [-0.39, 0.29) is 17.4 Å². The van der Waals surface area contributed by atoms with Gasteiger partial charge in [0.1, 0.15) is 16.4 Å². The number of nitrogens with one attached hydrogen (secondary N) is 1. The Balaban J connectivity index is 1.45. The van der Waals surface area contributed by atoms with Gasteiger partial charge in [0.2, 0.25) is 0 Å². The quantitative estimate of drug-likeness (QED) is 0.411. The number of ether oxygens (including phenoxy) is 1. The second-order valence-electron chi connectivity index (χ2n) is 6.38. The molecule has 150 valence electrons. The molecule has 4 rings (SSSR count). The second-order valence-corrected chi connectivity index (χ2v) is 9.31. The van der Waals surface area contributed by atoms with Gasteiger partial charge in [0.25, 0.3) is 16.7 Å². The summed E-state index contributed by atoms with van der Waals surface area (Å²) in [4.78, 5) is 21.8. The zero-order valence-electron chi connectivity index (χ0n) is 15.9. The molecule has 0 spiro atoms. The molecule has 4 aromatic rings. The average molecular weight is 449 g/mol. The van der Waals surface area contributed by atoms with Crippen LogP contribution in [-0.2, 0) is 6.61 Å². The molecule has 0 aliphatic rings. The van der Waals surface area contributed by atoms with Gasteiger partial charge in [0.15, 0.2) is 6.61 Å². The van der Waals surface area contributed by atoms with E-state index in [0.29, 0.717) is 33.1 Å². The first-order chi connectivity index (χ1) is 13.9. The van der Waals surface area contributed by atoms with Crippen molar-refractivity contribution in [3.63, 3.8) is 0 Å². The molecule has 1 N–H and O–H groups in total. The highest BCUT2D eigenvalue weighted by Crippen LogP contribution is 2.33. The molecule has 0 saturated carbocycles. The molecule has 0 amide bonds. The van der Waals surface area contributed by atoms with E-state index in [9.17, 15) is 4.79 Å². The normalized spacial score (nSPS) is 12.4. The van der Waals surface area contributed by atoms with Crippen LogP contribution in [0.2, 0.25) is 5.02 Å². The minimum Gasteiger partial charge on any atom is -0.484 e. The van der Waals surface area contributed by atoms with E-state index in [1.54, 1.807) is 24.3 Å². The van der Waals surface area contributed by atoms with Gasteiger partial charge in [-0.15, -0.1) is 21.5 Å². The zero-order chi connectivity index (χ0) is 20.5. The zero-order valence-corrected chi connectivity index (χ0v) is 18.2. The van der Waals surface area contributed by atoms with Crippen LogP contribution in [0.3, 0.4) is 0 Å². The molecule has 29 heavy (non-hydrogen) atoms. The summed E-state index contributed by atoms with van der Waals surface area (Å²) >= 11 is 8.71. The number of fused-ring (bicyclic) bond motifs is 1. The molecule has 0 saturated heterocycles. The number of H-pyrrole nitrogens is 1. The van der Waals surface area contributed by atoms with E-state index in [1.165, 1.54) is 23.1 Å². The van der Waals surface area contributed by atoms with Crippen molar-refractivity contribution in [1.82, 2.24) is 20.2 Å². The van der Waals surface area contributed by atoms with Crippen molar-refractivity contribution < 1.29 is 9.15 Å². The number of aromatic amines is 1. The number of aryl methyl sites for hydroxylation is 2. The lowest BCUT2D eigenvalue weighted by Gasteiger charge is -2.07. The minimum absolute atomic E-state index is 0.123. The van der Waals surface area contributed by atoms with Gasteiger partial charge in [-0.3, -0.25) is 4.79 Å². The molecule has 1 atom stereocenters. The average Bonchev–Trinajstić information content (AvgIpc) is 3.25. The molecule has 0 radical (unpaired) electrons. The van der Waals surface area contributed by atoms with Crippen LogP contribution >= 0.6 is 34.7 Å². The summed E-state index contributed by atoms with van der Waals surface area (Å²) in [6, 6.07) is 7.02. The first kappa shape index (κ1) is 19.9. The van der Waals surface area contributed by atoms with Crippen molar-refractivity contribution in [3.05, 3.63) is 61.8 Å². The number of hydrogen-bond donors (Lipinski definition) is 1. The molecule has 7 nitrogen and oxygen atoms in total. The van der Waals surface area contributed by atoms with E-state index < -0.39 is 0 Å².